The molecule has 0 aliphatic carbocycles. The van der Waals surface area contributed by atoms with Crippen molar-refractivity contribution < 1.29 is 48.5 Å². The molecule has 3 aliphatic rings. The molecule has 0 unspecified atom stereocenters. The molecule has 1 amide bonds. The Morgan fingerprint density at radius 2 is 1.94 bits per heavy atom. The van der Waals surface area contributed by atoms with Gasteiger partial charge in [-0.25, -0.2) is 0 Å². The molecule has 3 saturated heterocycles. The molecular weight excluding hydrogens is 462 g/mol. The molecule has 202 valence electrons. The molecule has 0 radical (unpaired) electrons. The summed E-state index contributed by atoms with van der Waals surface area (Å²) in [5, 5.41) is 33.9. The third-order valence-electron chi connectivity index (χ3n) is 7.76. The van der Waals surface area contributed by atoms with Gasteiger partial charge < -0.3 is 49.1 Å². The summed E-state index contributed by atoms with van der Waals surface area (Å²) in [7, 11) is 3.09. The molecule has 11 nitrogen and oxygen atoms in total. The molecule has 0 aromatic heterocycles. The number of rotatable bonds is 8. The lowest BCUT2D eigenvalue weighted by Crippen LogP contribution is -2.69. The van der Waals surface area contributed by atoms with E-state index in [1.165, 1.54) is 7.11 Å². The molecule has 3 rings (SSSR count). The van der Waals surface area contributed by atoms with Crippen LogP contribution in [-0.4, -0.2) is 104 Å². The first-order valence-corrected chi connectivity index (χ1v) is 12.0. The molecule has 0 spiro atoms. The fourth-order valence-corrected chi connectivity index (χ4v) is 5.21. The Hall–Kier alpha value is -1.15. The van der Waals surface area contributed by atoms with E-state index >= 15 is 0 Å². The Labute approximate surface area is 206 Å². The van der Waals surface area contributed by atoms with Crippen molar-refractivity contribution in [3.63, 3.8) is 0 Å². The van der Waals surface area contributed by atoms with Crippen LogP contribution in [0, 0.1) is 11.3 Å². The largest absolute Gasteiger partial charge is 0.394 e. The van der Waals surface area contributed by atoms with Crippen molar-refractivity contribution >= 4 is 5.91 Å². The summed E-state index contributed by atoms with van der Waals surface area (Å²) in [6.45, 7) is 11.2. The molecule has 0 aromatic carbocycles. The van der Waals surface area contributed by atoms with Crippen LogP contribution in [0.1, 0.15) is 40.5 Å². The van der Waals surface area contributed by atoms with Crippen molar-refractivity contribution in [3.8, 4) is 0 Å². The van der Waals surface area contributed by atoms with Gasteiger partial charge in [0.1, 0.15) is 19.0 Å². The highest BCUT2D eigenvalue weighted by Crippen LogP contribution is 2.43. The van der Waals surface area contributed by atoms with Crippen molar-refractivity contribution in [3.05, 3.63) is 12.2 Å². The summed E-state index contributed by atoms with van der Waals surface area (Å²) >= 11 is 0. The van der Waals surface area contributed by atoms with E-state index in [2.05, 4.69) is 11.9 Å². The molecular formula is C24H41NO10. The highest BCUT2D eigenvalue weighted by atomic mass is 16.7. The molecule has 0 aromatic rings. The average Bonchev–Trinajstić information content (AvgIpc) is 2.80. The van der Waals surface area contributed by atoms with Crippen LogP contribution in [0.2, 0.25) is 0 Å². The molecule has 0 bridgehead atoms. The molecule has 3 heterocycles. The zero-order valence-electron chi connectivity index (χ0n) is 21.4. The normalized spacial score (nSPS) is 41.1. The second kappa shape index (κ2) is 11.1. The summed E-state index contributed by atoms with van der Waals surface area (Å²) in [4.78, 5) is 13.0. The van der Waals surface area contributed by atoms with E-state index in [1.807, 2.05) is 20.8 Å². The van der Waals surface area contributed by atoms with Crippen LogP contribution in [0.3, 0.4) is 0 Å². The van der Waals surface area contributed by atoms with Crippen LogP contribution in [0.4, 0.5) is 0 Å². The smallest absolute Gasteiger partial charge is 0.256 e. The maximum atomic E-state index is 13.0. The van der Waals surface area contributed by atoms with Crippen LogP contribution in [0.25, 0.3) is 0 Å². The predicted octanol–water partition coefficient (Wildman–Crippen LogP) is 0.0582. The highest BCUT2D eigenvalue weighted by Gasteiger charge is 2.57. The molecule has 4 N–H and O–H groups in total. The Kier molecular flexibility index (Phi) is 8.99. The summed E-state index contributed by atoms with van der Waals surface area (Å²) in [6.07, 6.45) is -5.69. The second-order valence-corrected chi connectivity index (χ2v) is 10.4. The predicted molar refractivity (Wildman–Crippen MR) is 123 cm³/mol. The van der Waals surface area contributed by atoms with Crippen molar-refractivity contribution in [1.29, 1.82) is 0 Å². The molecule has 35 heavy (non-hydrogen) atoms. The van der Waals surface area contributed by atoms with Crippen molar-refractivity contribution in [2.45, 2.75) is 95.3 Å². The minimum atomic E-state index is -2.11. The fraction of sp³-hybridized carbons (Fsp3) is 0.875. The lowest BCUT2D eigenvalue weighted by atomic mass is 9.72. The number of hydrogen-bond acceptors (Lipinski definition) is 10. The number of aliphatic hydroxyl groups excluding tert-OH is 2. The summed E-state index contributed by atoms with van der Waals surface area (Å²) < 4.78 is 34.6. The van der Waals surface area contributed by atoms with E-state index in [1.54, 1.807) is 14.0 Å². The fourth-order valence-electron chi connectivity index (χ4n) is 5.21. The van der Waals surface area contributed by atoms with Crippen LogP contribution in [0.15, 0.2) is 12.2 Å². The van der Waals surface area contributed by atoms with E-state index in [4.69, 9.17) is 28.4 Å². The number of ether oxygens (including phenoxy) is 6. The average molecular weight is 504 g/mol. The van der Waals surface area contributed by atoms with Gasteiger partial charge in [-0.1, -0.05) is 32.9 Å². The van der Waals surface area contributed by atoms with E-state index in [0.29, 0.717) is 12.0 Å². The van der Waals surface area contributed by atoms with E-state index < -0.39 is 66.1 Å². The van der Waals surface area contributed by atoms with Crippen molar-refractivity contribution in [2.24, 2.45) is 11.3 Å². The number of hydrogen-bond donors (Lipinski definition) is 4. The van der Waals surface area contributed by atoms with E-state index in [9.17, 15) is 20.1 Å². The quantitative estimate of drug-likeness (QED) is 0.336. The first-order chi connectivity index (χ1) is 16.4. The number of carbonyl (C=O) groups is 1. The zero-order valence-corrected chi connectivity index (χ0v) is 21.4. The van der Waals surface area contributed by atoms with Crippen molar-refractivity contribution in [2.75, 3.05) is 27.6 Å². The van der Waals surface area contributed by atoms with Gasteiger partial charge in [-0.2, -0.15) is 0 Å². The summed E-state index contributed by atoms with van der Waals surface area (Å²) in [5.41, 5.74) is 0.159. The lowest BCUT2D eigenvalue weighted by Gasteiger charge is -2.54. The maximum absolute atomic E-state index is 13.0. The standard InChI is InChI=1S/C24H41NO10/c1-12-9-24(29,35-14(3)13(12)2)19(27)21(28)25-22-18-17(32-11-33-22)20(31-7)23(4,5)16(34-18)8-15(10-26)30-6/h13-20,22,26-27,29H,1,8-11H2,2-7H3,(H,25,28)/t13-,14-,15-,16-,17+,18+,19-,20-,22-,24-/m1/s1. The topological polar surface area (TPSA) is 145 Å². The van der Waals surface area contributed by atoms with Crippen LogP contribution < -0.4 is 5.32 Å². The number of aliphatic hydroxyl groups is 3. The minimum Gasteiger partial charge on any atom is -0.394 e. The van der Waals surface area contributed by atoms with Gasteiger partial charge in [0.15, 0.2) is 12.3 Å². The first kappa shape index (κ1) is 28.4. The number of carbonyl (C=O) groups excluding carboxylic acids is 1. The Balaban J connectivity index is 1.77. The summed E-state index contributed by atoms with van der Waals surface area (Å²) in [5.74, 6) is -3.02. The van der Waals surface area contributed by atoms with E-state index in [0.717, 1.165) is 0 Å². The highest BCUT2D eigenvalue weighted by molar-refractivity contribution is 5.82. The van der Waals surface area contributed by atoms with E-state index in [-0.39, 0.29) is 25.7 Å². The number of amides is 1. The molecule has 0 saturated carbocycles. The van der Waals surface area contributed by atoms with Crippen LogP contribution in [-0.2, 0) is 33.2 Å². The molecule has 11 heteroatoms. The van der Waals surface area contributed by atoms with Gasteiger partial charge in [0.05, 0.1) is 31.0 Å². The Bertz CT molecular complexity index is 759. The zero-order chi connectivity index (χ0) is 26.1. The third-order valence-corrected chi connectivity index (χ3v) is 7.76. The molecule has 3 fully saturated rings. The number of nitrogens with one attached hydrogen (secondary N) is 1. The van der Waals surface area contributed by atoms with Gasteiger partial charge in [-0.3, -0.25) is 4.79 Å². The van der Waals surface area contributed by atoms with Gasteiger partial charge in [0, 0.05) is 38.4 Å². The van der Waals surface area contributed by atoms with Crippen LogP contribution in [0.5, 0.6) is 0 Å². The Morgan fingerprint density at radius 3 is 2.51 bits per heavy atom. The second-order valence-electron chi connectivity index (χ2n) is 10.4. The SMILES string of the molecule is C=C1C[C@](O)([C@H](O)C(=O)N[C@@H]2OCO[C@H]3[C@@H]2O[C@H](C[C@H](CO)OC)C(C)(C)[C@@H]3OC)O[C@H](C)[C@@H]1C. The minimum absolute atomic E-state index is 0.0260. The maximum Gasteiger partial charge on any atom is 0.256 e. The lowest BCUT2D eigenvalue weighted by molar-refractivity contribution is -0.332. The first-order valence-electron chi connectivity index (χ1n) is 12.0. The van der Waals surface area contributed by atoms with Gasteiger partial charge in [0.2, 0.25) is 5.79 Å². The molecule has 10 atom stereocenters. The Morgan fingerprint density at radius 1 is 1.26 bits per heavy atom. The number of methoxy groups -OCH3 is 2. The van der Waals surface area contributed by atoms with Crippen molar-refractivity contribution in [1.82, 2.24) is 5.32 Å². The number of fused-ring (bicyclic) bond motifs is 1. The van der Waals surface area contributed by atoms with Gasteiger partial charge in [0.25, 0.3) is 5.91 Å². The van der Waals surface area contributed by atoms with Crippen LogP contribution >= 0.6 is 0 Å². The van der Waals surface area contributed by atoms with Gasteiger partial charge >= 0.3 is 0 Å². The molecule has 3 aliphatic heterocycles. The summed E-state index contributed by atoms with van der Waals surface area (Å²) in [6, 6.07) is 0. The monoisotopic (exact) mass is 503 g/mol. The van der Waals surface area contributed by atoms with Gasteiger partial charge in [-0.15, -0.1) is 0 Å². The van der Waals surface area contributed by atoms with Gasteiger partial charge in [-0.05, 0) is 6.92 Å². The third kappa shape index (κ3) is 5.58.